The lowest BCUT2D eigenvalue weighted by atomic mass is 9.76. The summed E-state index contributed by atoms with van der Waals surface area (Å²) in [6.45, 7) is 5.77. The van der Waals surface area contributed by atoms with Crippen LogP contribution in [0.1, 0.15) is 85.0 Å². The van der Waals surface area contributed by atoms with Gasteiger partial charge in [0, 0.05) is 12.7 Å². The molecule has 3 atom stereocenters. The number of hydrogen-bond donors (Lipinski definition) is 5. The number of carbonyl (C=O) groups excluding carboxylic acids is 4. The Bertz CT molecular complexity index is 793. The van der Waals surface area contributed by atoms with Gasteiger partial charge in [-0.15, -0.1) is 0 Å². The van der Waals surface area contributed by atoms with Crippen molar-refractivity contribution in [3.8, 4) is 0 Å². The number of amides is 3. The molecule has 0 aromatic carbocycles. The molecule has 0 radical (unpaired) electrons. The summed E-state index contributed by atoms with van der Waals surface area (Å²) in [6, 6.07) is -2.22. The zero-order chi connectivity index (χ0) is 26.7. The maximum atomic E-state index is 13.5. The van der Waals surface area contributed by atoms with Crippen molar-refractivity contribution in [3.05, 3.63) is 0 Å². The van der Waals surface area contributed by atoms with Crippen LogP contribution in [0, 0.1) is 5.92 Å². The van der Waals surface area contributed by atoms with Crippen molar-refractivity contribution >= 4 is 40.6 Å². The van der Waals surface area contributed by atoms with E-state index in [0.717, 1.165) is 38.6 Å². The fourth-order valence-electron chi connectivity index (χ4n) is 4.68. The number of rotatable bonds is 13. The van der Waals surface area contributed by atoms with Crippen molar-refractivity contribution in [2.24, 2.45) is 5.92 Å². The molecule has 1 aliphatic carbocycles. The zero-order valence-electron chi connectivity index (χ0n) is 21.7. The Balaban J connectivity index is 2.10. The van der Waals surface area contributed by atoms with Crippen LogP contribution in [0.3, 0.4) is 0 Å². The molecule has 5 N–H and O–H groups in total. The SMILES string of the molecule is CC(=O)SCCCCC[C@H](NC(=O)[C@@H]1CCCN1)C(=O)NC1(C(=O)N[C@@H](C)C(=O)O)CCC(C)CC1. The van der Waals surface area contributed by atoms with Crippen molar-refractivity contribution in [1.82, 2.24) is 21.3 Å². The van der Waals surface area contributed by atoms with Gasteiger partial charge in [-0.25, -0.2) is 0 Å². The molecule has 10 nitrogen and oxygen atoms in total. The minimum Gasteiger partial charge on any atom is -0.480 e. The average molecular weight is 527 g/mol. The molecule has 2 fully saturated rings. The van der Waals surface area contributed by atoms with E-state index in [4.69, 9.17) is 0 Å². The monoisotopic (exact) mass is 526 g/mol. The average Bonchev–Trinajstić information content (AvgIpc) is 3.36. The third-order valence-corrected chi connectivity index (χ3v) is 7.99. The van der Waals surface area contributed by atoms with E-state index in [9.17, 15) is 29.1 Å². The lowest BCUT2D eigenvalue weighted by Crippen LogP contribution is -2.64. The standard InChI is InChI=1S/C25H42N4O6S/c1-16-10-12-25(13-11-16,24(35)27-17(2)23(33)34)29-22(32)20(8-5-4-6-15-36-18(3)30)28-21(31)19-9-7-14-26-19/h16-17,19-20,26H,4-15H2,1-3H3,(H,27,35)(H,28,31)(H,29,32)(H,33,34)/t16?,17-,19-,20-,25?/m0/s1. The second-order valence-corrected chi connectivity index (χ2v) is 11.5. The molecular formula is C25H42N4O6S. The molecule has 0 unspecified atom stereocenters. The van der Waals surface area contributed by atoms with Gasteiger partial charge >= 0.3 is 5.97 Å². The van der Waals surface area contributed by atoms with E-state index in [-0.39, 0.29) is 17.1 Å². The van der Waals surface area contributed by atoms with E-state index in [1.807, 2.05) is 0 Å². The zero-order valence-corrected chi connectivity index (χ0v) is 22.5. The van der Waals surface area contributed by atoms with Gasteiger partial charge in [0.25, 0.3) is 0 Å². The van der Waals surface area contributed by atoms with Crippen LogP contribution in [-0.2, 0) is 24.0 Å². The summed E-state index contributed by atoms with van der Waals surface area (Å²) in [4.78, 5) is 61.9. The summed E-state index contributed by atoms with van der Waals surface area (Å²) in [5.41, 5.74) is -1.21. The first-order chi connectivity index (χ1) is 17.0. The fourth-order valence-corrected chi connectivity index (χ4v) is 5.31. The number of nitrogens with one attached hydrogen (secondary N) is 4. The minimum atomic E-state index is -1.21. The van der Waals surface area contributed by atoms with Crippen LogP contribution in [0.5, 0.6) is 0 Å². The Labute approximate surface area is 217 Å². The largest absolute Gasteiger partial charge is 0.480 e. The van der Waals surface area contributed by atoms with Crippen LogP contribution >= 0.6 is 11.8 Å². The molecule has 36 heavy (non-hydrogen) atoms. The number of carbonyl (C=O) groups is 5. The Kier molecular flexibility index (Phi) is 12.2. The molecule has 3 amide bonds. The highest BCUT2D eigenvalue weighted by Gasteiger charge is 2.44. The lowest BCUT2D eigenvalue weighted by molar-refractivity contribution is -0.144. The van der Waals surface area contributed by atoms with Crippen LogP contribution in [0.25, 0.3) is 0 Å². The maximum absolute atomic E-state index is 13.5. The summed E-state index contributed by atoms with van der Waals surface area (Å²) >= 11 is 1.27. The van der Waals surface area contributed by atoms with Gasteiger partial charge in [-0.05, 0) is 70.8 Å². The summed E-state index contributed by atoms with van der Waals surface area (Å²) in [6.07, 6.45) is 6.60. The smallest absolute Gasteiger partial charge is 0.325 e. The van der Waals surface area contributed by atoms with Crippen molar-refractivity contribution in [1.29, 1.82) is 0 Å². The summed E-state index contributed by atoms with van der Waals surface area (Å²) in [5.74, 6) is -1.18. The Morgan fingerprint density at radius 2 is 1.75 bits per heavy atom. The van der Waals surface area contributed by atoms with Gasteiger partial charge in [0.2, 0.25) is 17.7 Å². The first-order valence-electron chi connectivity index (χ1n) is 13.1. The third kappa shape index (κ3) is 9.38. The molecule has 2 aliphatic rings. The molecule has 1 heterocycles. The van der Waals surface area contributed by atoms with Crippen molar-refractivity contribution in [2.75, 3.05) is 12.3 Å². The molecular weight excluding hydrogens is 484 g/mol. The first kappa shape index (κ1) is 30.1. The number of carboxylic acid groups (broad SMARTS) is 1. The van der Waals surface area contributed by atoms with E-state index in [2.05, 4.69) is 28.2 Å². The fraction of sp³-hybridized carbons (Fsp3) is 0.800. The number of unbranched alkanes of at least 4 members (excludes halogenated alkanes) is 2. The second-order valence-electron chi connectivity index (χ2n) is 10.2. The van der Waals surface area contributed by atoms with Crippen LogP contribution < -0.4 is 21.3 Å². The quantitative estimate of drug-likeness (QED) is 0.227. The van der Waals surface area contributed by atoms with Crippen LogP contribution in [-0.4, -0.2) is 69.9 Å². The Morgan fingerprint density at radius 1 is 1.06 bits per heavy atom. The first-order valence-corrected chi connectivity index (χ1v) is 14.1. The number of thioether (sulfide) groups is 1. The maximum Gasteiger partial charge on any atom is 0.325 e. The second kappa shape index (κ2) is 14.6. The van der Waals surface area contributed by atoms with E-state index < -0.39 is 35.4 Å². The summed E-state index contributed by atoms with van der Waals surface area (Å²) in [7, 11) is 0. The molecule has 0 aromatic rings. The molecule has 1 aliphatic heterocycles. The molecule has 2 rings (SSSR count). The summed E-state index contributed by atoms with van der Waals surface area (Å²) < 4.78 is 0. The van der Waals surface area contributed by atoms with Crippen LogP contribution in [0.4, 0.5) is 0 Å². The van der Waals surface area contributed by atoms with E-state index in [1.165, 1.54) is 25.6 Å². The molecule has 0 spiro atoms. The van der Waals surface area contributed by atoms with Gasteiger partial charge in [0.05, 0.1) is 6.04 Å². The molecule has 0 bridgehead atoms. The molecule has 0 aromatic heterocycles. The topological polar surface area (TPSA) is 154 Å². The van der Waals surface area contributed by atoms with Crippen LogP contribution in [0.2, 0.25) is 0 Å². The van der Waals surface area contributed by atoms with E-state index in [1.54, 1.807) is 0 Å². The van der Waals surface area contributed by atoms with Crippen LogP contribution in [0.15, 0.2) is 0 Å². The van der Waals surface area contributed by atoms with Crippen molar-refractivity contribution in [3.63, 3.8) is 0 Å². The van der Waals surface area contributed by atoms with Gasteiger partial charge in [-0.3, -0.25) is 24.0 Å². The van der Waals surface area contributed by atoms with Crippen molar-refractivity contribution < 1.29 is 29.1 Å². The Morgan fingerprint density at radius 3 is 2.33 bits per heavy atom. The molecule has 1 saturated heterocycles. The number of hydrogen-bond acceptors (Lipinski definition) is 7. The van der Waals surface area contributed by atoms with Gasteiger partial charge in [-0.1, -0.05) is 31.5 Å². The van der Waals surface area contributed by atoms with E-state index in [0.29, 0.717) is 43.8 Å². The van der Waals surface area contributed by atoms with Crippen molar-refractivity contribution in [2.45, 2.75) is 109 Å². The molecule has 11 heteroatoms. The third-order valence-electron chi connectivity index (χ3n) is 7.10. The highest BCUT2D eigenvalue weighted by atomic mass is 32.2. The summed E-state index contributed by atoms with van der Waals surface area (Å²) in [5, 5.41) is 20.8. The van der Waals surface area contributed by atoms with Gasteiger partial charge in [-0.2, -0.15) is 0 Å². The predicted octanol–water partition coefficient (Wildman–Crippen LogP) is 1.72. The molecule has 1 saturated carbocycles. The normalized spacial score (nSPS) is 25.4. The molecule has 204 valence electrons. The minimum absolute atomic E-state index is 0.0752. The van der Waals surface area contributed by atoms with Gasteiger partial charge < -0.3 is 26.4 Å². The van der Waals surface area contributed by atoms with Gasteiger partial charge in [0.1, 0.15) is 17.6 Å². The highest BCUT2D eigenvalue weighted by Crippen LogP contribution is 2.32. The number of carboxylic acids is 1. The van der Waals surface area contributed by atoms with E-state index >= 15 is 0 Å². The lowest BCUT2D eigenvalue weighted by Gasteiger charge is -2.40. The van der Waals surface area contributed by atoms with Gasteiger partial charge in [0.15, 0.2) is 5.12 Å². The predicted molar refractivity (Wildman–Crippen MR) is 138 cm³/mol. The number of aliphatic carboxylic acids is 1. The highest BCUT2D eigenvalue weighted by molar-refractivity contribution is 8.13. The Hall–Kier alpha value is -2.14.